The van der Waals surface area contributed by atoms with Crippen molar-refractivity contribution in [2.75, 3.05) is 114 Å². The molecule has 21 heterocycles. The smallest absolute Gasteiger partial charge is 0.306 e. The van der Waals surface area contributed by atoms with Gasteiger partial charge < -0.3 is 212 Å². The van der Waals surface area contributed by atoms with Crippen LogP contribution in [0.3, 0.4) is 0 Å². The SMILES string of the molecule is CCCCCCCCCCCC[N+](C)(C)CCCN(CCC[N+](C)(C)CCCCCCCCCCCC)C(=O)CCC(=O)OCC1OC2OC3C(CO)OC(OC4C(CO)OC(OC5C(CO)OC(OC6C(CO)OC(OC7C(CO)OC(OC8C(CO)OC(OC1C(O)C2O)C(O)C8O)C(O)C7O)C(O)C6O)C(O)C5O)C(O)C4O)C(O)C3O.[Cl-].[Cl-]. The van der Waals surface area contributed by atoms with Gasteiger partial charge in [-0.3, -0.25) is 9.59 Å². The molecule has 122 heavy (non-hydrogen) atoms. The number of amides is 1. The lowest BCUT2D eigenvalue weighted by atomic mass is 9.95. The molecule has 0 radical (unpaired) electrons. The van der Waals surface area contributed by atoms with Gasteiger partial charge in [-0.15, -0.1) is 0 Å². The fourth-order valence-corrected chi connectivity index (χ4v) is 17.0. The minimum absolute atomic E-state index is 0. The molecule has 21 saturated heterocycles. The Morgan fingerprint density at radius 2 is 0.467 bits per heavy atom. The van der Waals surface area contributed by atoms with Crippen LogP contribution in [0.25, 0.3) is 0 Å². The van der Waals surface area contributed by atoms with E-state index in [0.717, 1.165) is 60.8 Å². The number of unbranched alkanes of at least 4 members (excludes halogenated alkanes) is 18. The molecule has 0 aromatic carbocycles. The highest BCUT2D eigenvalue weighted by atomic mass is 35.5. The van der Waals surface area contributed by atoms with Crippen molar-refractivity contribution >= 4 is 11.9 Å². The van der Waals surface area contributed by atoms with Crippen molar-refractivity contribution in [1.29, 1.82) is 0 Å². The third-order valence-corrected chi connectivity index (χ3v) is 24.5. The number of aliphatic hydroxyl groups excluding tert-OH is 20. The number of carbonyl (C=O) groups excluding carboxylic acids is 2. The number of nitrogens with zero attached hydrogens (tertiary/aromatic N) is 3. The van der Waals surface area contributed by atoms with Crippen LogP contribution >= 0.6 is 0 Å². The van der Waals surface area contributed by atoms with Gasteiger partial charge in [0.05, 0.1) is 100 Å². The highest BCUT2D eigenvalue weighted by Gasteiger charge is 2.60. The van der Waals surface area contributed by atoms with Gasteiger partial charge >= 0.3 is 5.97 Å². The summed E-state index contributed by atoms with van der Waals surface area (Å²) < 4.78 is 89.6. The average Bonchev–Trinajstić information content (AvgIpc) is 0.784. The number of halogens is 2. The summed E-state index contributed by atoms with van der Waals surface area (Å²) in [4.78, 5) is 30.4. The van der Waals surface area contributed by atoms with Gasteiger partial charge in [0, 0.05) is 32.4 Å². The Labute approximate surface area is 726 Å². The number of rotatable bonds is 41. The molecule has 14 bridgehead atoms. The Kier molecular flexibility index (Phi) is 47.8. The molecule has 21 aliphatic rings. The molecular formula is C80H147Cl2N3O37. The van der Waals surface area contributed by atoms with E-state index in [1.54, 1.807) is 4.90 Å². The Morgan fingerprint density at radius 3 is 0.689 bits per heavy atom. The zero-order chi connectivity index (χ0) is 87.7. The summed E-state index contributed by atoms with van der Waals surface area (Å²) in [7, 11) is 8.76. The van der Waals surface area contributed by atoms with Crippen molar-refractivity contribution in [3.05, 3.63) is 0 Å². The molecule has 42 heteroatoms. The van der Waals surface area contributed by atoms with E-state index in [4.69, 9.17) is 71.1 Å². The number of aliphatic hydroxyl groups is 20. The highest BCUT2D eigenvalue weighted by Crippen LogP contribution is 2.40. The Hall–Kier alpha value is -1.92. The molecule has 35 atom stereocenters. The molecule has 0 aliphatic carbocycles. The maximum absolute atomic E-state index is 14.5. The minimum Gasteiger partial charge on any atom is -1.00 e. The fraction of sp³-hybridized carbons (Fsp3) is 0.975. The first kappa shape index (κ1) is 109. The second-order valence-corrected chi connectivity index (χ2v) is 34.9. The number of esters is 1. The number of hydrogen-bond acceptors (Lipinski definition) is 37. The third-order valence-electron chi connectivity index (χ3n) is 24.5. The van der Waals surface area contributed by atoms with Crippen molar-refractivity contribution < 1.29 is 217 Å². The maximum atomic E-state index is 14.5. The maximum Gasteiger partial charge on any atom is 0.306 e. The van der Waals surface area contributed by atoms with Gasteiger partial charge in [0.25, 0.3) is 0 Å². The Bertz CT molecular complexity index is 2830. The summed E-state index contributed by atoms with van der Waals surface area (Å²) in [6.45, 7) is 1.38. The zero-order valence-corrected chi connectivity index (χ0v) is 72.9. The van der Waals surface area contributed by atoms with Gasteiger partial charge in [0.1, 0.15) is 178 Å². The van der Waals surface area contributed by atoms with Crippen molar-refractivity contribution in [3.8, 4) is 0 Å². The van der Waals surface area contributed by atoms with Gasteiger partial charge in [-0.2, -0.15) is 0 Å². The lowest BCUT2D eigenvalue weighted by Crippen LogP contribution is -3.00. The molecule has 21 rings (SSSR count). The largest absolute Gasteiger partial charge is 1.00 e. The predicted octanol–water partition coefficient (Wildman–Crippen LogP) is -11.3. The van der Waals surface area contributed by atoms with Crippen LogP contribution in [0.15, 0.2) is 0 Å². The fourth-order valence-electron chi connectivity index (χ4n) is 17.0. The van der Waals surface area contributed by atoms with E-state index in [1.165, 1.54) is 103 Å². The molecule has 0 aromatic rings. The van der Waals surface area contributed by atoms with Crippen LogP contribution in [0.1, 0.15) is 168 Å². The molecule has 35 unspecified atom stereocenters. The van der Waals surface area contributed by atoms with Crippen LogP contribution in [0.5, 0.6) is 0 Å². The van der Waals surface area contributed by atoms with Gasteiger partial charge in [0.15, 0.2) is 44.0 Å². The number of hydrogen-bond donors (Lipinski definition) is 20. The van der Waals surface area contributed by atoms with Crippen LogP contribution in [-0.2, 0) is 80.6 Å². The zero-order valence-electron chi connectivity index (χ0n) is 71.4. The monoisotopic (exact) mass is 1810 g/mol. The molecule has 21 aliphatic heterocycles. The second kappa shape index (κ2) is 53.6. The van der Waals surface area contributed by atoms with Gasteiger partial charge in [-0.25, -0.2) is 0 Å². The molecule has 0 aromatic heterocycles. The first-order chi connectivity index (χ1) is 57.3. The van der Waals surface area contributed by atoms with Crippen LogP contribution in [-0.4, -0.2) is 457 Å². The van der Waals surface area contributed by atoms with Crippen molar-refractivity contribution in [1.82, 2.24) is 4.90 Å². The normalized spacial score (nSPS) is 39.3. The summed E-state index contributed by atoms with van der Waals surface area (Å²) in [6, 6.07) is 0. The van der Waals surface area contributed by atoms with Gasteiger partial charge in [-0.1, -0.05) is 117 Å². The van der Waals surface area contributed by atoms with E-state index in [-0.39, 0.29) is 37.1 Å². The molecule has 718 valence electrons. The summed E-state index contributed by atoms with van der Waals surface area (Å²) in [5, 5.41) is 228. The van der Waals surface area contributed by atoms with E-state index in [2.05, 4.69) is 42.0 Å². The Balaban J connectivity index is 0.0000115. The molecule has 1 amide bonds. The molecule has 21 fully saturated rings. The first-order valence-corrected chi connectivity index (χ1v) is 43.7. The quantitative estimate of drug-likeness (QED) is 0.0154. The van der Waals surface area contributed by atoms with Crippen molar-refractivity contribution in [2.45, 2.75) is 383 Å². The highest BCUT2D eigenvalue weighted by molar-refractivity contribution is 5.81. The van der Waals surface area contributed by atoms with Crippen LogP contribution in [0.4, 0.5) is 0 Å². The summed E-state index contributed by atoms with van der Waals surface area (Å²) >= 11 is 0. The van der Waals surface area contributed by atoms with Gasteiger partial charge in [0.2, 0.25) is 5.91 Å². The molecule has 0 saturated carbocycles. The standard InChI is InChI=1S/C80H147N3O37.2ClH/c1-7-9-11-13-15-17-19-21-23-25-33-82(3,4)35-27-31-81(32-28-36-83(5,6)34-26-24-22-20-18-16-14-12-10-8-2)51(90)29-30-52(91)106-43-50-73-59(98)66(105)80(113-50)119-72-49(42-89)111-78(64(103)57(72)96)117-70-47(40-87)109-76(62(101)55(70)94)115-68-45(38-85)107-74(60(99)53(68)92)114-67-44(37-84)108-75(61(100)54(67)93)116-69-46(39-86)110-77(63(102)56(69)95)118-71-48(41-88)112-79(120-73)65(104)58(71)97;;/h44-50,53-80,84-89,92-105H,7-43H2,1-6H3;2*1H/q+2;;/p-2. The summed E-state index contributed by atoms with van der Waals surface area (Å²) in [6.07, 6.45) is -47.6. The lowest BCUT2D eigenvalue weighted by molar-refractivity contribution is -0.891. The topological polar surface area (TPSA) is 580 Å². The van der Waals surface area contributed by atoms with Crippen molar-refractivity contribution in [3.63, 3.8) is 0 Å². The van der Waals surface area contributed by atoms with E-state index >= 15 is 0 Å². The van der Waals surface area contributed by atoms with Crippen LogP contribution in [0, 0.1) is 0 Å². The predicted molar refractivity (Wildman–Crippen MR) is 415 cm³/mol. The van der Waals surface area contributed by atoms with Crippen molar-refractivity contribution in [2.24, 2.45) is 0 Å². The minimum atomic E-state index is -2.32. The summed E-state index contributed by atoms with van der Waals surface area (Å²) in [5.41, 5.74) is 0. The van der Waals surface area contributed by atoms with E-state index in [9.17, 15) is 112 Å². The van der Waals surface area contributed by atoms with Crippen LogP contribution < -0.4 is 24.8 Å². The molecule has 20 N–H and O–H groups in total. The van der Waals surface area contributed by atoms with E-state index in [1.807, 2.05) is 0 Å². The number of carbonyl (C=O) groups is 2. The molecular weight excluding hydrogens is 1670 g/mol. The summed E-state index contributed by atoms with van der Waals surface area (Å²) in [5.74, 6) is -1.29. The molecule has 40 nitrogen and oxygen atoms in total. The van der Waals surface area contributed by atoms with E-state index in [0.29, 0.717) is 25.9 Å². The first-order valence-electron chi connectivity index (χ1n) is 43.7. The van der Waals surface area contributed by atoms with Crippen LogP contribution in [0.2, 0.25) is 0 Å². The lowest BCUT2D eigenvalue weighted by Gasteiger charge is -2.50. The van der Waals surface area contributed by atoms with E-state index < -0.39 is 274 Å². The van der Waals surface area contributed by atoms with Gasteiger partial charge in [-0.05, 0) is 25.7 Å². The average molecular weight is 1810 g/mol. The second-order valence-electron chi connectivity index (χ2n) is 34.9. The Morgan fingerprint density at radius 1 is 0.270 bits per heavy atom. The third kappa shape index (κ3) is 30.1. The molecule has 0 spiro atoms. The number of quaternary nitrogens is 2. The number of ether oxygens (including phenoxy) is 15.